The highest BCUT2D eigenvalue weighted by Crippen LogP contribution is 2.25. The van der Waals surface area contributed by atoms with Crippen molar-refractivity contribution in [1.29, 1.82) is 0 Å². The van der Waals surface area contributed by atoms with E-state index in [1.807, 2.05) is 18.7 Å². The van der Waals surface area contributed by atoms with Crippen LogP contribution in [0.2, 0.25) is 0 Å². The molecule has 1 aliphatic rings. The summed E-state index contributed by atoms with van der Waals surface area (Å²) in [5.41, 5.74) is 0.982. The largest absolute Gasteiger partial charge is 0.481 e. The van der Waals surface area contributed by atoms with Gasteiger partial charge in [-0.25, -0.2) is 9.97 Å². The molecule has 1 unspecified atom stereocenters. The number of nitrogens with one attached hydrogen (secondary N) is 1. The molecule has 1 saturated heterocycles. The molecule has 0 radical (unpaired) electrons. The van der Waals surface area contributed by atoms with Crippen LogP contribution in [0, 0.1) is 12.8 Å². The third kappa shape index (κ3) is 2.58. The van der Waals surface area contributed by atoms with Crippen LogP contribution in [0.4, 0.5) is 5.82 Å². The van der Waals surface area contributed by atoms with Crippen molar-refractivity contribution >= 4 is 17.6 Å². The van der Waals surface area contributed by atoms with Crippen LogP contribution in [-0.2, 0) is 0 Å². The molecule has 1 aliphatic heterocycles. The van der Waals surface area contributed by atoms with Crippen molar-refractivity contribution in [2.24, 2.45) is 5.92 Å². The topological polar surface area (TPSA) is 47.0 Å². The van der Waals surface area contributed by atoms with Crippen LogP contribution in [0.25, 0.3) is 0 Å². The molecule has 88 valence electrons. The number of anilines is 1. The zero-order valence-corrected chi connectivity index (χ0v) is 10.5. The van der Waals surface area contributed by atoms with Crippen LogP contribution < -0.4 is 10.1 Å². The Balaban J connectivity index is 1.97. The van der Waals surface area contributed by atoms with Gasteiger partial charge in [0, 0.05) is 6.54 Å². The van der Waals surface area contributed by atoms with Crippen LogP contribution in [0.5, 0.6) is 5.88 Å². The maximum atomic E-state index is 5.16. The molecular weight excluding hydrogens is 222 g/mol. The number of ether oxygens (including phenoxy) is 1. The first-order valence-corrected chi connectivity index (χ1v) is 6.64. The number of thioether (sulfide) groups is 1. The Morgan fingerprint density at radius 2 is 2.44 bits per heavy atom. The summed E-state index contributed by atoms with van der Waals surface area (Å²) in [6.45, 7) is 2.97. The molecule has 2 rings (SSSR count). The summed E-state index contributed by atoms with van der Waals surface area (Å²) >= 11 is 2.03. The Morgan fingerprint density at radius 3 is 3.12 bits per heavy atom. The summed E-state index contributed by atoms with van der Waals surface area (Å²) in [4.78, 5) is 8.30. The molecule has 16 heavy (non-hydrogen) atoms. The number of hydrogen-bond donors (Lipinski definition) is 1. The Kier molecular flexibility index (Phi) is 3.88. The molecule has 1 aromatic rings. The van der Waals surface area contributed by atoms with Crippen molar-refractivity contribution in [2.75, 3.05) is 30.5 Å². The van der Waals surface area contributed by atoms with E-state index in [0.29, 0.717) is 5.88 Å². The highest BCUT2D eigenvalue weighted by atomic mass is 32.2. The Labute approximate surface area is 100 Å². The van der Waals surface area contributed by atoms with Gasteiger partial charge in [-0.2, -0.15) is 11.8 Å². The Bertz CT molecular complexity index is 353. The highest BCUT2D eigenvalue weighted by Gasteiger charge is 2.16. The fraction of sp³-hybridized carbons (Fsp3) is 0.636. The molecule has 1 N–H and O–H groups in total. The van der Waals surface area contributed by atoms with Crippen molar-refractivity contribution in [3.8, 4) is 5.88 Å². The smallest absolute Gasteiger partial charge is 0.221 e. The van der Waals surface area contributed by atoms with Gasteiger partial charge in [0.25, 0.3) is 0 Å². The van der Waals surface area contributed by atoms with Gasteiger partial charge in [0.1, 0.15) is 12.1 Å². The second kappa shape index (κ2) is 5.39. The predicted molar refractivity (Wildman–Crippen MR) is 67.2 cm³/mol. The summed E-state index contributed by atoms with van der Waals surface area (Å²) < 4.78 is 5.16. The second-order valence-electron chi connectivity index (χ2n) is 3.97. The van der Waals surface area contributed by atoms with Gasteiger partial charge in [0.2, 0.25) is 5.88 Å². The number of aromatic nitrogens is 2. The maximum absolute atomic E-state index is 5.16. The van der Waals surface area contributed by atoms with E-state index in [2.05, 4.69) is 15.3 Å². The van der Waals surface area contributed by atoms with Gasteiger partial charge in [0.15, 0.2) is 0 Å². The second-order valence-corrected chi connectivity index (χ2v) is 5.12. The molecule has 2 heterocycles. The van der Waals surface area contributed by atoms with Gasteiger partial charge < -0.3 is 10.1 Å². The van der Waals surface area contributed by atoms with Gasteiger partial charge in [-0.3, -0.25) is 0 Å². The molecule has 5 heteroatoms. The fourth-order valence-electron chi connectivity index (χ4n) is 1.80. The molecule has 4 nitrogen and oxygen atoms in total. The third-order valence-corrected chi connectivity index (χ3v) is 4.04. The monoisotopic (exact) mass is 239 g/mol. The molecule has 0 spiro atoms. The van der Waals surface area contributed by atoms with Gasteiger partial charge >= 0.3 is 0 Å². The van der Waals surface area contributed by atoms with Gasteiger partial charge in [-0.1, -0.05) is 0 Å². The minimum absolute atomic E-state index is 0.651. The van der Waals surface area contributed by atoms with E-state index in [0.717, 1.165) is 23.8 Å². The summed E-state index contributed by atoms with van der Waals surface area (Å²) in [6, 6.07) is 0. The van der Waals surface area contributed by atoms with Crippen molar-refractivity contribution in [1.82, 2.24) is 9.97 Å². The third-order valence-electron chi connectivity index (χ3n) is 2.81. The van der Waals surface area contributed by atoms with Crippen molar-refractivity contribution < 1.29 is 4.74 Å². The molecule has 0 aromatic carbocycles. The van der Waals surface area contributed by atoms with Crippen LogP contribution in [-0.4, -0.2) is 35.1 Å². The van der Waals surface area contributed by atoms with E-state index in [1.165, 1.54) is 24.3 Å². The SMILES string of the molecule is COc1ncnc(NCC2CCSC2)c1C. The first kappa shape index (κ1) is 11.5. The summed E-state index contributed by atoms with van der Waals surface area (Å²) in [6.07, 6.45) is 2.84. The summed E-state index contributed by atoms with van der Waals surface area (Å²) in [5, 5.41) is 3.39. The van der Waals surface area contributed by atoms with Gasteiger partial charge in [-0.05, 0) is 30.8 Å². The molecule has 1 atom stereocenters. The highest BCUT2D eigenvalue weighted by molar-refractivity contribution is 7.99. The van der Waals surface area contributed by atoms with Gasteiger partial charge in [-0.15, -0.1) is 0 Å². The van der Waals surface area contributed by atoms with E-state index in [9.17, 15) is 0 Å². The molecule has 1 aromatic heterocycles. The standard InChI is InChI=1S/C11H17N3OS/c1-8-10(13-7-14-11(8)15-2)12-5-9-3-4-16-6-9/h7,9H,3-6H2,1-2H3,(H,12,13,14). The molecule has 0 aliphatic carbocycles. The van der Waals surface area contributed by atoms with Crippen LogP contribution in [0.1, 0.15) is 12.0 Å². The lowest BCUT2D eigenvalue weighted by Gasteiger charge is -2.13. The number of nitrogens with zero attached hydrogens (tertiary/aromatic N) is 2. The lowest BCUT2D eigenvalue weighted by atomic mass is 10.1. The predicted octanol–water partition coefficient (Wildman–Crippen LogP) is 1.96. The van der Waals surface area contributed by atoms with Crippen molar-refractivity contribution in [2.45, 2.75) is 13.3 Å². The number of hydrogen-bond acceptors (Lipinski definition) is 5. The fourth-order valence-corrected chi connectivity index (χ4v) is 3.09. The van der Waals surface area contributed by atoms with Crippen LogP contribution in [0.15, 0.2) is 6.33 Å². The minimum Gasteiger partial charge on any atom is -0.481 e. The van der Waals surface area contributed by atoms with Gasteiger partial charge in [0.05, 0.1) is 12.7 Å². The van der Waals surface area contributed by atoms with E-state index in [4.69, 9.17) is 4.74 Å². The van der Waals surface area contributed by atoms with Crippen LogP contribution >= 0.6 is 11.8 Å². The first-order valence-electron chi connectivity index (χ1n) is 5.48. The van der Waals surface area contributed by atoms with E-state index >= 15 is 0 Å². The average Bonchev–Trinajstić information content (AvgIpc) is 2.81. The Hall–Kier alpha value is -0.970. The van der Waals surface area contributed by atoms with E-state index in [1.54, 1.807) is 7.11 Å². The molecule has 0 amide bonds. The number of rotatable bonds is 4. The lowest BCUT2D eigenvalue weighted by Crippen LogP contribution is -2.15. The average molecular weight is 239 g/mol. The molecule has 0 bridgehead atoms. The normalized spacial score (nSPS) is 19.8. The first-order chi connectivity index (χ1) is 7.81. The minimum atomic E-state index is 0.651. The molecule has 1 fully saturated rings. The Morgan fingerprint density at radius 1 is 1.56 bits per heavy atom. The van der Waals surface area contributed by atoms with Crippen LogP contribution in [0.3, 0.4) is 0 Å². The molecule has 0 saturated carbocycles. The summed E-state index contributed by atoms with van der Waals surface area (Å²) in [5.74, 6) is 4.86. The van der Waals surface area contributed by atoms with Crippen molar-refractivity contribution in [3.05, 3.63) is 11.9 Å². The lowest BCUT2D eigenvalue weighted by molar-refractivity contribution is 0.393. The zero-order valence-electron chi connectivity index (χ0n) is 9.69. The zero-order chi connectivity index (χ0) is 11.4. The maximum Gasteiger partial charge on any atom is 0.221 e. The quantitative estimate of drug-likeness (QED) is 0.870. The van der Waals surface area contributed by atoms with Crippen molar-refractivity contribution in [3.63, 3.8) is 0 Å². The summed E-state index contributed by atoms with van der Waals surface area (Å²) in [7, 11) is 1.63. The van der Waals surface area contributed by atoms with E-state index in [-0.39, 0.29) is 0 Å². The molecular formula is C11H17N3OS. The number of methoxy groups -OCH3 is 1. The van der Waals surface area contributed by atoms with E-state index < -0.39 is 0 Å².